The molecule has 0 aliphatic heterocycles. The van der Waals surface area contributed by atoms with Crippen molar-refractivity contribution < 1.29 is 19.5 Å². The van der Waals surface area contributed by atoms with Crippen molar-refractivity contribution in [2.75, 3.05) is 0 Å². The van der Waals surface area contributed by atoms with Gasteiger partial charge in [0.2, 0.25) is 11.8 Å². The lowest BCUT2D eigenvalue weighted by atomic mass is 9.98. The lowest BCUT2D eigenvalue weighted by Gasteiger charge is -2.23. The van der Waals surface area contributed by atoms with Crippen LogP contribution in [-0.2, 0) is 20.8 Å². The molecule has 0 radical (unpaired) electrons. The van der Waals surface area contributed by atoms with E-state index in [9.17, 15) is 19.5 Å². The van der Waals surface area contributed by atoms with E-state index in [0.29, 0.717) is 0 Å². The number of carboxylic acids is 1. The zero-order chi connectivity index (χ0) is 18.1. The SMILES string of the molecule is CC(=O)N[C@@H](Cc1ccccc1)C(=O)N[C@H](C(=O)O)[C@H](C)CC#N. The number of carbonyl (C=O) groups excluding carboxylic acids is 2. The van der Waals surface area contributed by atoms with E-state index >= 15 is 0 Å². The molecule has 0 fully saturated rings. The predicted molar refractivity (Wildman–Crippen MR) is 86.7 cm³/mol. The van der Waals surface area contributed by atoms with E-state index in [0.717, 1.165) is 5.56 Å². The summed E-state index contributed by atoms with van der Waals surface area (Å²) >= 11 is 0. The summed E-state index contributed by atoms with van der Waals surface area (Å²) in [5.41, 5.74) is 0.836. The first-order valence-corrected chi connectivity index (χ1v) is 7.56. The summed E-state index contributed by atoms with van der Waals surface area (Å²) in [6.07, 6.45) is 0.242. The number of aliphatic carboxylic acids is 1. The van der Waals surface area contributed by atoms with Gasteiger partial charge in [0.05, 0.1) is 6.07 Å². The number of hydrogen-bond acceptors (Lipinski definition) is 4. The van der Waals surface area contributed by atoms with Crippen molar-refractivity contribution in [3.63, 3.8) is 0 Å². The quantitative estimate of drug-likeness (QED) is 0.652. The lowest BCUT2D eigenvalue weighted by Crippen LogP contribution is -2.53. The van der Waals surface area contributed by atoms with Crippen LogP contribution in [0.2, 0.25) is 0 Å². The molecule has 7 heteroatoms. The number of benzene rings is 1. The molecule has 1 rings (SSSR count). The van der Waals surface area contributed by atoms with Crippen molar-refractivity contribution in [1.29, 1.82) is 5.26 Å². The first kappa shape index (κ1) is 19.2. The molecule has 2 amide bonds. The fourth-order valence-corrected chi connectivity index (χ4v) is 2.27. The molecule has 0 unspecified atom stereocenters. The highest BCUT2D eigenvalue weighted by Crippen LogP contribution is 2.10. The number of amides is 2. The molecule has 7 nitrogen and oxygen atoms in total. The molecule has 3 atom stereocenters. The van der Waals surface area contributed by atoms with Gasteiger partial charge in [0.25, 0.3) is 0 Å². The molecule has 0 saturated carbocycles. The van der Waals surface area contributed by atoms with Gasteiger partial charge in [-0.05, 0) is 5.56 Å². The minimum Gasteiger partial charge on any atom is -0.480 e. The van der Waals surface area contributed by atoms with E-state index in [1.54, 1.807) is 6.92 Å². The fraction of sp³-hybridized carbons (Fsp3) is 0.412. The molecule has 128 valence electrons. The molecule has 0 aromatic heterocycles. The van der Waals surface area contributed by atoms with Crippen LogP contribution in [0.4, 0.5) is 0 Å². The molecule has 1 aromatic rings. The van der Waals surface area contributed by atoms with Gasteiger partial charge < -0.3 is 15.7 Å². The standard InChI is InChI=1S/C17H21N3O4/c1-11(8-9-18)15(17(23)24)20-16(22)14(19-12(2)21)10-13-6-4-3-5-7-13/h3-7,11,14-15H,8,10H2,1-2H3,(H,19,21)(H,20,22)(H,23,24)/t11-,14+,15+/m1/s1. The summed E-state index contributed by atoms with van der Waals surface area (Å²) in [7, 11) is 0. The number of nitrogens with one attached hydrogen (secondary N) is 2. The Morgan fingerprint density at radius 2 is 1.83 bits per heavy atom. The van der Waals surface area contributed by atoms with E-state index < -0.39 is 29.9 Å². The molecule has 0 heterocycles. The van der Waals surface area contributed by atoms with Crippen LogP contribution >= 0.6 is 0 Å². The molecular weight excluding hydrogens is 310 g/mol. The molecule has 0 spiro atoms. The summed E-state index contributed by atoms with van der Waals surface area (Å²) in [4.78, 5) is 35.1. The Labute approximate surface area is 140 Å². The van der Waals surface area contributed by atoms with E-state index in [-0.39, 0.29) is 18.7 Å². The first-order chi connectivity index (χ1) is 11.3. The van der Waals surface area contributed by atoms with E-state index in [4.69, 9.17) is 5.26 Å². The molecule has 24 heavy (non-hydrogen) atoms. The zero-order valence-corrected chi connectivity index (χ0v) is 13.7. The molecule has 3 N–H and O–H groups in total. The fourth-order valence-electron chi connectivity index (χ4n) is 2.27. The van der Waals surface area contributed by atoms with Crippen LogP contribution in [0.1, 0.15) is 25.8 Å². The third kappa shape index (κ3) is 6.08. The van der Waals surface area contributed by atoms with Gasteiger partial charge in [-0.3, -0.25) is 9.59 Å². The minimum absolute atomic E-state index is 0.000730. The second-order valence-electron chi connectivity index (χ2n) is 5.61. The van der Waals surface area contributed by atoms with Crippen molar-refractivity contribution in [3.05, 3.63) is 35.9 Å². The Kier molecular flexibility index (Phi) is 7.43. The second kappa shape index (κ2) is 9.30. The number of hydrogen-bond donors (Lipinski definition) is 3. The number of carbonyl (C=O) groups is 3. The Morgan fingerprint density at radius 1 is 1.21 bits per heavy atom. The largest absolute Gasteiger partial charge is 0.480 e. The Balaban J connectivity index is 2.88. The average Bonchev–Trinajstić information content (AvgIpc) is 2.52. The molecular formula is C17H21N3O4. The predicted octanol–water partition coefficient (Wildman–Crippen LogP) is 0.853. The van der Waals surface area contributed by atoms with Crippen LogP contribution in [0.15, 0.2) is 30.3 Å². The van der Waals surface area contributed by atoms with E-state index in [2.05, 4.69) is 10.6 Å². The van der Waals surface area contributed by atoms with Crippen LogP contribution < -0.4 is 10.6 Å². The van der Waals surface area contributed by atoms with E-state index in [1.165, 1.54) is 6.92 Å². The van der Waals surface area contributed by atoms with Crippen LogP contribution in [0.3, 0.4) is 0 Å². The normalized spacial score (nSPS) is 13.9. The number of nitriles is 1. The Bertz CT molecular complexity index is 624. The van der Waals surface area contributed by atoms with Gasteiger partial charge in [0, 0.05) is 25.7 Å². The summed E-state index contributed by atoms with van der Waals surface area (Å²) in [5, 5.41) is 22.9. The maximum atomic E-state index is 12.4. The molecule has 0 aliphatic rings. The maximum Gasteiger partial charge on any atom is 0.326 e. The number of rotatable bonds is 8. The number of nitrogens with zero attached hydrogens (tertiary/aromatic N) is 1. The highest BCUT2D eigenvalue weighted by atomic mass is 16.4. The van der Waals surface area contributed by atoms with Crippen LogP contribution in [0.5, 0.6) is 0 Å². The van der Waals surface area contributed by atoms with Gasteiger partial charge in [-0.25, -0.2) is 4.79 Å². The van der Waals surface area contributed by atoms with E-state index in [1.807, 2.05) is 36.4 Å². The van der Waals surface area contributed by atoms with Gasteiger partial charge in [0.1, 0.15) is 12.1 Å². The van der Waals surface area contributed by atoms with Gasteiger partial charge in [-0.2, -0.15) is 5.26 Å². The summed E-state index contributed by atoms with van der Waals surface area (Å²) in [5.74, 6) is -2.74. The first-order valence-electron chi connectivity index (χ1n) is 7.56. The van der Waals surface area contributed by atoms with Gasteiger partial charge >= 0.3 is 5.97 Å². The Morgan fingerprint density at radius 3 is 2.33 bits per heavy atom. The third-order valence-corrected chi connectivity index (χ3v) is 3.52. The highest BCUT2D eigenvalue weighted by Gasteiger charge is 2.29. The maximum absolute atomic E-state index is 12.4. The summed E-state index contributed by atoms with van der Waals surface area (Å²) in [6.45, 7) is 2.87. The average molecular weight is 331 g/mol. The van der Waals surface area contributed by atoms with Crippen molar-refractivity contribution in [3.8, 4) is 6.07 Å². The molecule has 0 bridgehead atoms. The Hall–Kier alpha value is -2.88. The van der Waals surface area contributed by atoms with Gasteiger partial charge in [0.15, 0.2) is 0 Å². The third-order valence-electron chi connectivity index (χ3n) is 3.52. The molecule has 0 saturated heterocycles. The second-order valence-corrected chi connectivity index (χ2v) is 5.61. The van der Waals surface area contributed by atoms with Gasteiger partial charge in [-0.1, -0.05) is 37.3 Å². The van der Waals surface area contributed by atoms with Gasteiger partial charge in [-0.15, -0.1) is 0 Å². The summed E-state index contributed by atoms with van der Waals surface area (Å²) in [6, 6.07) is 8.90. The molecule has 0 aliphatic carbocycles. The highest BCUT2D eigenvalue weighted by molar-refractivity contribution is 5.90. The van der Waals surface area contributed by atoms with Crippen molar-refractivity contribution in [2.45, 2.75) is 38.8 Å². The van der Waals surface area contributed by atoms with Crippen LogP contribution in [-0.4, -0.2) is 35.0 Å². The molecule has 1 aromatic carbocycles. The lowest BCUT2D eigenvalue weighted by molar-refractivity contribution is -0.143. The zero-order valence-electron chi connectivity index (χ0n) is 13.7. The van der Waals surface area contributed by atoms with Crippen LogP contribution in [0.25, 0.3) is 0 Å². The summed E-state index contributed by atoms with van der Waals surface area (Å²) < 4.78 is 0. The minimum atomic E-state index is -1.22. The van der Waals surface area contributed by atoms with Crippen molar-refractivity contribution >= 4 is 17.8 Å². The smallest absolute Gasteiger partial charge is 0.326 e. The number of carboxylic acid groups (broad SMARTS) is 1. The van der Waals surface area contributed by atoms with Crippen LogP contribution in [0, 0.1) is 17.2 Å². The van der Waals surface area contributed by atoms with Crippen molar-refractivity contribution in [2.24, 2.45) is 5.92 Å². The topological polar surface area (TPSA) is 119 Å². The van der Waals surface area contributed by atoms with Crippen molar-refractivity contribution in [1.82, 2.24) is 10.6 Å². The monoisotopic (exact) mass is 331 g/mol.